The van der Waals surface area contributed by atoms with Crippen LogP contribution in [0.25, 0.3) is 81.9 Å². The van der Waals surface area contributed by atoms with Crippen LogP contribution in [-0.2, 0) is 5.41 Å². The van der Waals surface area contributed by atoms with Gasteiger partial charge in [-0.15, -0.1) is 11.3 Å². The molecule has 1 aliphatic rings. The average Bonchev–Trinajstić information content (AvgIpc) is 3.85. The van der Waals surface area contributed by atoms with Crippen LogP contribution < -0.4 is 0 Å². The van der Waals surface area contributed by atoms with E-state index in [4.69, 9.17) is 9.97 Å². The van der Waals surface area contributed by atoms with Crippen molar-refractivity contribution in [2.45, 2.75) is 19.3 Å². The van der Waals surface area contributed by atoms with E-state index in [0.717, 1.165) is 44.8 Å². The molecule has 0 bridgehead atoms. The Morgan fingerprint density at radius 2 is 1.41 bits per heavy atom. The van der Waals surface area contributed by atoms with Gasteiger partial charge in [0, 0.05) is 64.8 Å². The van der Waals surface area contributed by atoms with Crippen LogP contribution in [-0.4, -0.2) is 19.1 Å². The molecule has 218 valence electrons. The first-order valence-electron chi connectivity index (χ1n) is 15.7. The maximum Gasteiger partial charge on any atom is 0.235 e. The zero-order valence-electron chi connectivity index (χ0n) is 25.4. The van der Waals surface area contributed by atoms with Crippen molar-refractivity contribution in [2.75, 3.05) is 0 Å². The summed E-state index contributed by atoms with van der Waals surface area (Å²) in [7, 11) is 0. The van der Waals surface area contributed by atoms with Crippen LogP contribution in [0, 0.1) is 0 Å². The SMILES string of the molecule is CC1(C)C=Cc2c(-c3cccc4c3sc3ccccc34)nc(-n3c4ccccc4c4ccc5c(ccn5-c5ccccc5)c43)nc21. The molecule has 0 amide bonds. The summed E-state index contributed by atoms with van der Waals surface area (Å²) in [5, 5.41) is 6.13. The molecule has 4 aromatic heterocycles. The zero-order valence-corrected chi connectivity index (χ0v) is 26.2. The lowest BCUT2D eigenvalue weighted by molar-refractivity contribution is 0.651. The molecule has 0 unspecified atom stereocenters. The first-order valence-corrected chi connectivity index (χ1v) is 16.5. The summed E-state index contributed by atoms with van der Waals surface area (Å²) in [5.74, 6) is 0.704. The first-order chi connectivity index (χ1) is 22.6. The van der Waals surface area contributed by atoms with Crippen LogP contribution in [0.1, 0.15) is 25.1 Å². The standard InChI is InChI=1S/C41H28N4S/c1-41(2)23-21-32-36(31-16-10-15-29-27-14-7-9-18-35(27)46-38(29)31)42-40(43-39(32)41)45-34-17-8-6-13-26(34)28-19-20-33-30(37(28)45)22-24-44(33)25-11-4-3-5-12-25/h3-24H,1-2H3. The molecule has 46 heavy (non-hydrogen) atoms. The number of allylic oxidation sites excluding steroid dienone is 1. The number of benzene rings is 5. The van der Waals surface area contributed by atoms with Crippen molar-refractivity contribution >= 4 is 70.3 Å². The highest BCUT2D eigenvalue weighted by atomic mass is 32.1. The Morgan fingerprint density at radius 1 is 0.630 bits per heavy atom. The van der Waals surface area contributed by atoms with Gasteiger partial charge in [0.2, 0.25) is 5.95 Å². The van der Waals surface area contributed by atoms with E-state index in [0.29, 0.717) is 5.95 Å². The summed E-state index contributed by atoms with van der Waals surface area (Å²) in [6.45, 7) is 4.50. The van der Waals surface area contributed by atoms with Crippen LogP contribution in [0.2, 0.25) is 0 Å². The van der Waals surface area contributed by atoms with Crippen molar-refractivity contribution in [3.63, 3.8) is 0 Å². The highest BCUT2D eigenvalue weighted by Crippen LogP contribution is 2.45. The fraction of sp³-hybridized carbons (Fsp3) is 0.0732. The molecule has 0 radical (unpaired) electrons. The second-order valence-electron chi connectivity index (χ2n) is 12.7. The Balaban J connectivity index is 1.32. The van der Waals surface area contributed by atoms with E-state index in [-0.39, 0.29) is 5.41 Å². The lowest BCUT2D eigenvalue weighted by atomic mass is 9.91. The fourth-order valence-electron chi connectivity index (χ4n) is 7.41. The minimum absolute atomic E-state index is 0.222. The van der Waals surface area contributed by atoms with Crippen LogP contribution in [0.15, 0.2) is 128 Å². The molecule has 0 N–H and O–H groups in total. The quantitative estimate of drug-likeness (QED) is 0.200. The van der Waals surface area contributed by atoms with Crippen molar-refractivity contribution in [3.05, 3.63) is 139 Å². The number of hydrogen-bond donors (Lipinski definition) is 0. The van der Waals surface area contributed by atoms with Crippen molar-refractivity contribution in [1.29, 1.82) is 0 Å². The number of para-hydroxylation sites is 2. The zero-order chi connectivity index (χ0) is 30.6. The maximum absolute atomic E-state index is 5.52. The molecule has 5 heteroatoms. The van der Waals surface area contributed by atoms with Gasteiger partial charge in [-0.25, -0.2) is 9.97 Å². The van der Waals surface area contributed by atoms with E-state index >= 15 is 0 Å². The topological polar surface area (TPSA) is 35.6 Å². The molecular formula is C41H28N4S. The predicted octanol–water partition coefficient (Wildman–Crippen LogP) is 10.9. The molecule has 1 aliphatic carbocycles. The molecule has 0 saturated heterocycles. The normalized spacial score (nSPS) is 14.0. The Labute approximate surface area is 269 Å². The first kappa shape index (κ1) is 25.8. The van der Waals surface area contributed by atoms with Gasteiger partial charge in [0.05, 0.1) is 27.9 Å². The number of fused-ring (bicyclic) bond motifs is 9. The molecule has 4 nitrogen and oxygen atoms in total. The second kappa shape index (κ2) is 9.25. The third-order valence-electron chi connectivity index (χ3n) is 9.61. The van der Waals surface area contributed by atoms with Crippen LogP contribution in [0.4, 0.5) is 0 Å². The number of hydrogen-bond acceptors (Lipinski definition) is 3. The molecule has 0 atom stereocenters. The Bertz CT molecular complexity index is 2720. The number of rotatable bonds is 3. The predicted molar refractivity (Wildman–Crippen MR) is 194 cm³/mol. The fourth-order valence-corrected chi connectivity index (χ4v) is 8.63. The second-order valence-corrected chi connectivity index (χ2v) is 13.8. The van der Waals surface area contributed by atoms with Gasteiger partial charge in [0.15, 0.2) is 0 Å². The van der Waals surface area contributed by atoms with Gasteiger partial charge in [0.25, 0.3) is 0 Å². The van der Waals surface area contributed by atoms with E-state index in [2.05, 4.69) is 157 Å². The highest BCUT2D eigenvalue weighted by molar-refractivity contribution is 7.26. The molecule has 5 aromatic carbocycles. The Hall–Kier alpha value is -5.52. The minimum Gasteiger partial charge on any atom is -0.316 e. The third-order valence-corrected chi connectivity index (χ3v) is 10.8. The molecular weight excluding hydrogens is 581 g/mol. The minimum atomic E-state index is -0.222. The maximum atomic E-state index is 5.52. The van der Waals surface area contributed by atoms with Crippen molar-refractivity contribution in [3.8, 4) is 22.9 Å². The molecule has 0 fully saturated rings. The van der Waals surface area contributed by atoms with E-state index < -0.39 is 0 Å². The van der Waals surface area contributed by atoms with Gasteiger partial charge in [0.1, 0.15) is 0 Å². The number of aromatic nitrogens is 4. The molecule has 0 saturated carbocycles. The summed E-state index contributed by atoms with van der Waals surface area (Å²) in [6, 6.07) is 41.2. The van der Waals surface area contributed by atoms with Gasteiger partial charge >= 0.3 is 0 Å². The van der Waals surface area contributed by atoms with Gasteiger partial charge in [-0.1, -0.05) is 105 Å². The van der Waals surface area contributed by atoms with E-state index in [1.807, 2.05) is 11.3 Å². The van der Waals surface area contributed by atoms with Crippen molar-refractivity contribution in [2.24, 2.45) is 0 Å². The Kier molecular flexibility index (Phi) is 5.18. The smallest absolute Gasteiger partial charge is 0.235 e. The van der Waals surface area contributed by atoms with Gasteiger partial charge in [-0.3, -0.25) is 4.57 Å². The summed E-state index contributed by atoms with van der Waals surface area (Å²) < 4.78 is 7.12. The van der Waals surface area contributed by atoms with Crippen molar-refractivity contribution in [1.82, 2.24) is 19.1 Å². The summed E-state index contributed by atoms with van der Waals surface area (Å²) >= 11 is 1.85. The van der Waals surface area contributed by atoms with Gasteiger partial charge in [-0.05, 0) is 36.4 Å². The summed E-state index contributed by atoms with van der Waals surface area (Å²) in [4.78, 5) is 10.9. The number of nitrogens with zero attached hydrogens (tertiary/aromatic N) is 4. The van der Waals surface area contributed by atoms with Gasteiger partial charge < -0.3 is 4.57 Å². The van der Waals surface area contributed by atoms with Crippen LogP contribution in [0.3, 0.4) is 0 Å². The Morgan fingerprint density at radius 3 is 2.30 bits per heavy atom. The highest BCUT2D eigenvalue weighted by Gasteiger charge is 2.32. The lowest BCUT2D eigenvalue weighted by Crippen LogP contribution is -2.17. The molecule has 0 spiro atoms. The lowest BCUT2D eigenvalue weighted by Gasteiger charge is -2.20. The van der Waals surface area contributed by atoms with Crippen LogP contribution >= 0.6 is 11.3 Å². The van der Waals surface area contributed by atoms with E-state index in [9.17, 15) is 0 Å². The summed E-state index contributed by atoms with van der Waals surface area (Å²) in [6.07, 6.45) is 6.67. The molecule has 0 aliphatic heterocycles. The van der Waals surface area contributed by atoms with Crippen LogP contribution in [0.5, 0.6) is 0 Å². The average molecular weight is 609 g/mol. The largest absolute Gasteiger partial charge is 0.316 e. The molecule has 4 heterocycles. The monoisotopic (exact) mass is 608 g/mol. The van der Waals surface area contributed by atoms with E-state index in [1.54, 1.807) is 0 Å². The number of thiophene rings is 1. The van der Waals surface area contributed by atoms with Crippen molar-refractivity contribution < 1.29 is 0 Å². The van der Waals surface area contributed by atoms with E-state index in [1.165, 1.54) is 36.3 Å². The summed E-state index contributed by atoms with van der Waals surface area (Å²) in [5.41, 5.74) is 8.61. The third kappa shape index (κ3) is 3.49. The molecule has 9 aromatic rings. The van der Waals surface area contributed by atoms with Gasteiger partial charge in [-0.2, -0.15) is 0 Å². The molecule has 10 rings (SSSR count).